The van der Waals surface area contributed by atoms with Crippen molar-refractivity contribution in [2.75, 3.05) is 19.8 Å². The lowest BCUT2D eigenvalue weighted by atomic mass is 10.1. The van der Waals surface area contributed by atoms with Gasteiger partial charge in [0.1, 0.15) is 0 Å². The van der Waals surface area contributed by atoms with Crippen molar-refractivity contribution in [3.63, 3.8) is 0 Å². The van der Waals surface area contributed by atoms with Crippen molar-refractivity contribution in [2.24, 2.45) is 0 Å². The Morgan fingerprint density at radius 1 is 0.520 bits per heavy atom. The summed E-state index contributed by atoms with van der Waals surface area (Å²) in [7, 11) is 0. The molecule has 1 unspecified atom stereocenters. The van der Waals surface area contributed by atoms with Crippen molar-refractivity contribution in [3.05, 3.63) is 0 Å². The van der Waals surface area contributed by atoms with Crippen molar-refractivity contribution >= 4 is 0 Å². The van der Waals surface area contributed by atoms with Gasteiger partial charge in [-0.1, -0.05) is 91.4 Å². The molecule has 0 saturated heterocycles. The molecular formula is C23H48O2. The number of ether oxygens (including phenoxy) is 2. The molecule has 152 valence electrons. The molecule has 0 radical (unpaired) electrons. The van der Waals surface area contributed by atoms with E-state index in [0.717, 1.165) is 39.1 Å². The van der Waals surface area contributed by atoms with Gasteiger partial charge in [0.25, 0.3) is 0 Å². The van der Waals surface area contributed by atoms with E-state index in [9.17, 15) is 0 Å². The van der Waals surface area contributed by atoms with Crippen LogP contribution in [0.1, 0.15) is 124 Å². The van der Waals surface area contributed by atoms with Gasteiger partial charge in [-0.25, -0.2) is 0 Å². The molecule has 0 aromatic heterocycles. The van der Waals surface area contributed by atoms with Crippen molar-refractivity contribution in [2.45, 2.75) is 130 Å². The highest BCUT2D eigenvalue weighted by atomic mass is 16.5. The first-order valence-corrected chi connectivity index (χ1v) is 11.5. The standard InChI is InChI=1S/C23H48O2/c1-4-7-9-11-13-15-17-22-25-23(6-3)19-18-21-24-20-16-14-12-10-8-5-2/h23H,4-22H2,1-3H3. The van der Waals surface area contributed by atoms with E-state index in [0.29, 0.717) is 6.10 Å². The van der Waals surface area contributed by atoms with Crippen molar-refractivity contribution in [3.8, 4) is 0 Å². The average Bonchev–Trinajstić information content (AvgIpc) is 2.63. The van der Waals surface area contributed by atoms with E-state index in [2.05, 4.69) is 20.8 Å². The second kappa shape index (κ2) is 22.0. The Hall–Kier alpha value is -0.0800. The van der Waals surface area contributed by atoms with Gasteiger partial charge in [0.05, 0.1) is 6.10 Å². The number of rotatable bonds is 21. The number of hydrogen-bond acceptors (Lipinski definition) is 2. The Bertz CT molecular complexity index is 230. The van der Waals surface area contributed by atoms with Gasteiger partial charge >= 0.3 is 0 Å². The molecule has 0 amide bonds. The second-order valence-electron chi connectivity index (χ2n) is 7.54. The minimum absolute atomic E-state index is 0.442. The molecule has 2 nitrogen and oxygen atoms in total. The van der Waals surface area contributed by atoms with Crippen LogP contribution in [-0.4, -0.2) is 25.9 Å². The predicted molar refractivity (Wildman–Crippen MR) is 111 cm³/mol. The summed E-state index contributed by atoms with van der Waals surface area (Å²) in [6.07, 6.45) is 21.4. The first kappa shape index (κ1) is 24.9. The minimum Gasteiger partial charge on any atom is -0.381 e. The first-order valence-electron chi connectivity index (χ1n) is 11.5. The van der Waals surface area contributed by atoms with Crippen LogP contribution in [-0.2, 0) is 9.47 Å². The number of unbranched alkanes of at least 4 members (excludes halogenated alkanes) is 11. The molecule has 0 heterocycles. The summed E-state index contributed by atoms with van der Waals surface area (Å²) >= 11 is 0. The summed E-state index contributed by atoms with van der Waals surface area (Å²) in [5.74, 6) is 0. The third-order valence-corrected chi connectivity index (χ3v) is 5.01. The molecule has 1 atom stereocenters. The van der Waals surface area contributed by atoms with Gasteiger partial charge in [-0.15, -0.1) is 0 Å². The molecule has 0 aliphatic carbocycles. The fraction of sp³-hybridized carbons (Fsp3) is 1.00. The van der Waals surface area contributed by atoms with E-state index >= 15 is 0 Å². The Morgan fingerprint density at radius 3 is 1.56 bits per heavy atom. The summed E-state index contributed by atoms with van der Waals surface area (Å²) in [5, 5.41) is 0. The van der Waals surface area contributed by atoms with Crippen LogP contribution in [0.5, 0.6) is 0 Å². The third-order valence-electron chi connectivity index (χ3n) is 5.01. The van der Waals surface area contributed by atoms with Crippen LogP contribution in [0.15, 0.2) is 0 Å². The zero-order valence-corrected chi connectivity index (χ0v) is 17.8. The van der Waals surface area contributed by atoms with Crippen molar-refractivity contribution < 1.29 is 9.47 Å². The summed E-state index contributed by atoms with van der Waals surface area (Å²) in [4.78, 5) is 0. The zero-order valence-electron chi connectivity index (χ0n) is 17.8. The average molecular weight is 357 g/mol. The van der Waals surface area contributed by atoms with E-state index in [1.54, 1.807) is 0 Å². The molecule has 0 fully saturated rings. The van der Waals surface area contributed by atoms with Gasteiger partial charge in [0, 0.05) is 19.8 Å². The van der Waals surface area contributed by atoms with E-state index < -0.39 is 0 Å². The van der Waals surface area contributed by atoms with Gasteiger partial charge in [0.15, 0.2) is 0 Å². The summed E-state index contributed by atoms with van der Waals surface area (Å²) in [6, 6.07) is 0. The Morgan fingerprint density at radius 2 is 1.00 bits per heavy atom. The van der Waals surface area contributed by atoms with Gasteiger partial charge in [-0.05, 0) is 32.1 Å². The first-order chi connectivity index (χ1) is 12.3. The highest BCUT2D eigenvalue weighted by Crippen LogP contribution is 2.11. The van der Waals surface area contributed by atoms with Crippen LogP contribution >= 0.6 is 0 Å². The van der Waals surface area contributed by atoms with E-state index in [1.807, 2.05) is 0 Å². The molecular weight excluding hydrogens is 308 g/mol. The molecule has 0 aliphatic heterocycles. The molecule has 0 rings (SSSR count). The van der Waals surface area contributed by atoms with Crippen LogP contribution in [0.25, 0.3) is 0 Å². The molecule has 2 heteroatoms. The van der Waals surface area contributed by atoms with Crippen LogP contribution < -0.4 is 0 Å². The third kappa shape index (κ3) is 20.1. The van der Waals surface area contributed by atoms with E-state index in [4.69, 9.17) is 9.47 Å². The summed E-state index contributed by atoms with van der Waals surface area (Å²) in [5.41, 5.74) is 0. The van der Waals surface area contributed by atoms with Crippen molar-refractivity contribution in [1.82, 2.24) is 0 Å². The van der Waals surface area contributed by atoms with Gasteiger partial charge in [-0.3, -0.25) is 0 Å². The van der Waals surface area contributed by atoms with Gasteiger partial charge in [-0.2, -0.15) is 0 Å². The zero-order chi connectivity index (χ0) is 18.4. The molecule has 0 aromatic carbocycles. The number of hydrogen-bond donors (Lipinski definition) is 0. The normalized spacial score (nSPS) is 12.6. The molecule has 0 saturated carbocycles. The monoisotopic (exact) mass is 356 g/mol. The van der Waals surface area contributed by atoms with Crippen LogP contribution in [0.2, 0.25) is 0 Å². The Balaban J connectivity index is 3.28. The smallest absolute Gasteiger partial charge is 0.0573 e. The largest absolute Gasteiger partial charge is 0.381 e. The summed E-state index contributed by atoms with van der Waals surface area (Å²) < 4.78 is 11.8. The highest BCUT2D eigenvalue weighted by Gasteiger charge is 2.06. The Labute approximate surface area is 159 Å². The van der Waals surface area contributed by atoms with Gasteiger partial charge < -0.3 is 9.47 Å². The van der Waals surface area contributed by atoms with Crippen LogP contribution in [0, 0.1) is 0 Å². The molecule has 0 spiro atoms. The fourth-order valence-corrected chi connectivity index (χ4v) is 3.21. The molecule has 0 aromatic rings. The SMILES string of the molecule is CCCCCCCCCOC(CC)CCCOCCCCCCCC. The van der Waals surface area contributed by atoms with Crippen molar-refractivity contribution in [1.29, 1.82) is 0 Å². The van der Waals surface area contributed by atoms with Crippen LogP contribution in [0.4, 0.5) is 0 Å². The van der Waals surface area contributed by atoms with E-state index in [1.165, 1.54) is 83.5 Å². The predicted octanol–water partition coefficient (Wildman–Crippen LogP) is 7.69. The molecule has 0 N–H and O–H groups in total. The quantitative estimate of drug-likeness (QED) is 0.196. The Kier molecular flexibility index (Phi) is 21.9. The minimum atomic E-state index is 0.442. The molecule has 25 heavy (non-hydrogen) atoms. The molecule has 0 bridgehead atoms. The lowest BCUT2D eigenvalue weighted by molar-refractivity contribution is 0.0327. The van der Waals surface area contributed by atoms with E-state index in [-0.39, 0.29) is 0 Å². The lowest BCUT2D eigenvalue weighted by Crippen LogP contribution is -2.14. The maximum atomic E-state index is 6.05. The van der Waals surface area contributed by atoms with Crippen LogP contribution in [0.3, 0.4) is 0 Å². The maximum Gasteiger partial charge on any atom is 0.0573 e. The molecule has 0 aliphatic rings. The maximum absolute atomic E-state index is 6.05. The van der Waals surface area contributed by atoms with Gasteiger partial charge in [0.2, 0.25) is 0 Å². The second-order valence-corrected chi connectivity index (χ2v) is 7.54. The lowest BCUT2D eigenvalue weighted by Gasteiger charge is -2.16. The topological polar surface area (TPSA) is 18.5 Å². The highest BCUT2D eigenvalue weighted by molar-refractivity contribution is 4.56. The fourth-order valence-electron chi connectivity index (χ4n) is 3.21. The summed E-state index contributed by atoms with van der Waals surface area (Å²) in [6.45, 7) is 9.59.